The van der Waals surface area contributed by atoms with Gasteiger partial charge in [0.15, 0.2) is 0 Å². The van der Waals surface area contributed by atoms with Crippen LogP contribution in [0.2, 0.25) is 0 Å². The van der Waals surface area contributed by atoms with Gasteiger partial charge in [-0.05, 0) is 92.7 Å². The molecule has 2 fully saturated rings. The van der Waals surface area contributed by atoms with Crippen LogP contribution < -0.4 is 9.64 Å². The van der Waals surface area contributed by atoms with Gasteiger partial charge >= 0.3 is 0 Å². The molecule has 1 heterocycles. The molecule has 204 valence electrons. The number of hydrogen-bond donors (Lipinski definition) is 0. The summed E-state index contributed by atoms with van der Waals surface area (Å²) < 4.78 is 7.22. The van der Waals surface area contributed by atoms with Crippen molar-refractivity contribution in [1.82, 2.24) is 9.78 Å². The predicted molar refractivity (Wildman–Crippen MR) is 157 cm³/mol. The van der Waals surface area contributed by atoms with E-state index in [1.54, 1.807) is 18.0 Å². The lowest BCUT2D eigenvalue weighted by molar-refractivity contribution is -0.123. The van der Waals surface area contributed by atoms with Gasteiger partial charge in [0.25, 0.3) is 0 Å². The summed E-state index contributed by atoms with van der Waals surface area (Å²) >= 11 is 0. The van der Waals surface area contributed by atoms with Crippen molar-refractivity contribution >= 4 is 11.6 Å². The van der Waals surface area contributed by atoms with Gasteiger partial charge in [-0.3, -0.25) is 9.48 Å². The Balaban J connectivity index is 1.31. The van der Waals surface area contributed by atoms with Crippen LogP contribution in [0.25, 0.3) is 0 Å². The average Bonchev–Trinajstić information content (AvgIpc) is 3.40. The molecule has 1 amide bonds. The van der Waals surface area contributed by atoms with Gasteiger partial charge in [-0.1, -0.05) is 49.3 Å². The number of benzene rings is 2. The molecule has 39 heavy (non-hydrogen) atoms. The molecule has 0 unspecified atom stereocenters. The van der Waals surface area contributed by atoms with E-state index in [1.807, 2.05) is 25.4 Å². The lowest BCUT2D eigenvalue weighted by Crippen LogP contribution is -2.41. The zero-order chi connectivity index (χ0) is 27.2. The van der Waals surface area contributed by atoms with E-state index in [0.29, 0.717) is 17.7 Å². The van der Waals surface area contributed by atoms with Crippen LogP contribution in [0.5, 0.6) is 5.75 Å². The number of rotatable bonds is 6. The third kappa shape index (κ3) is 6.74. The number of ether oxygens (including phenoxy) is 1. The van der Waals surface area contributed by atoms with Gasteiger partial charge in [0.1, 0.15) is 5.75 Å². The lowest BCUT2D eigenvalue weighted by atomic mass is 9.78. The molecule has 0 aliphatic heterocycles. The fraction of sp³-hybridized carbons (Fsp3) is 0.471. The number of hydrogen-bond acceptors (Lipinski definition) is 3. The zero-order valence-corrected chi connectivity index (χ0v) is 23.7. The maximum atomic E-state index is 13.9. The molecule has 0 N–H and O–H groups in total. The predicted octanol–water partition coefficient (Wildman–Crippen LogP) is 7.02. The van der Waals surface area contributed by atoms with E-state index < -0.39 is 0 Å². The van der Waals surface area contributed by atoms with Crippen LogP contribution in [-0.2, 0) is 11.8 Å². The minimum absolute atomic E-state index is 0.141. The van der Waals surface area contributed by atoms with Crippen LogP contribution in [0.15, 0.2) is 54.9 Å². The van der Waals surface area contributed by atoms with E-state index in [1.165, 1.54) is 30.4 Å². The number of methoxy groups -OCH3 is 1. The van der Waals surface area contributed by atoms with Gasteiger partial charge in [0, 0.05) is 37.0 Å². The third-order valence-corrected chi connectivity index (χ3v) is 8.61. The summed E-state index contributed by atoms with van der Waals surface area (Å²) in [5.41, 5.74) is 5.42. The SMILES string of the molecule is COc1ccc([C@H]2CC[C@H](CN(C(=O)C3CCCCC3)c3cccc(C#Cc4cnn(C)c4)c3)CC2)cc1C. The minimum atomic E-state index is 0.141. The van der Waals surface area contributed by atoms with Crippen molar-refractivity contribution < 1.29 is 9.53 Å². The van der Waals surface area contributed by atoms with E-state index in [0.717, 1.165) is 67.6 Å². The molecular formula is C34H41N3O2. The molecule has 0 saturated heterocycles. The highest BCUT2D eigenvalue weighted by atomic mass is 16.5. The highest BCUT2D eigenvalue weighted by Gasteiger charge is 2.31. The van der Waals surface area contributed by atoms with Gasteiger partial charge in [-0.25, -0.2) is 0 Å². The molecule has 3 aromatic rings. The first-order chi connectivity index (χ1) is 19.0. The standard InChI is InChI=1S/C34H41N3O2/c1-25-20-31(18-19-33(25)39-3)29-16-14-27(15-17-29)24-37(34(38)30-9-5-4-6-10-30)32-11-7-8-26(21-32)12-13-28-22-35-36(2)23-28/h7-8,11,18-23,27,29-30H,4-6,9-10,14-17,24H2,1-3H3/t27-,29-. The monoisotopic (exact) mass is 523 g/mol. The summed E-state index contributed by atoms with van der Waals surface area (Å²) in [5, 5.41) is 4.21. The second-order valence-electron chi connectivity index (χ2n) is 11.4. The van der Waals surface area contributed by atoms with Gasteiger partial charge in [0.05, 0.1) is 18.9 Å². The number of amides is 1. The fourth-order valence-electron chi connectivity index (χ4n) is 6.37. The second kappa shape index (κ2) is 12.6. The molecular weight excluding hydrogens is 482 g/mol. The summed E-state index contributed by atoms with van der Waals surface area (Å²) in [6.45, 7) is 2.92. The quantitative estimate of drug-likeness (QED) is 0.326. The van der Waals surface area contributed by atoms with E-state index in [9.17, 15) is 4.79 Å². The number of anilines is 1. The number of aryl methyl sites for hydroxylation is 2. The van der Waals surface area contributed by atoms with Crippen molar-refractivity contribution in [3.05, 3.63) is 77.1 Å². The number of carbonyl (C=O) groups excluding carboxylic acids is 1. The van der Waals surface area contributed by atoms with Crippen molar-refractivity contribution in [3.8, 4) is 17.6 Å². The van der Waals surface area contributed by atoms with Crippen LogP contribution in [0.4, 0.5) is 5.69 Å². The maximum absolute atomic E-state index is 13.9. The summed E-state index contributed by atoms with van der Waals surface area (Å²) in [5.74, 6) is 8.98. The van der Waals surface area contributed by atoms with E-state index in [2.05, 4.69) is 59.1 Å². The number of aromatic nitrogens is 2. The largest absolute Gasteiger partial charge is 0.496 e. The molecule has 2 aromatic carbocycles. The Morgan fingerprint density at radius 1 is 1.00 bits per heavy atom. The van der Waals surface area contributed by atoms with Crippen molar-refractivity contribution in [2.24, 2.45) is 18.9 Å². The topological polar surface area (TPSA) is 47.4 Å². The van der Waals surface area contributed by atoms with E-state index in [4.69, 9.17) is 4.74 Å². The molecule has 1 aromatic heterocycles. The van der Waals surface area contributed by atoms with Crippen LogP contribution >= 0.6 is 0 Å². The van der Waals surface area contributed by atoms with Crippen molar-refractivity contribution in [1.29, 1.82) is 0 Å². The molecule has 2 aliphatic carbocycles. The van der Waals surface area contributed by atoms with Crippen LogP contribution in [0, 0.1) is 30.6 Å². The Bertz CT molecular complexity index is 1330. The molecule has 0 bridgehead atoms. The molecule has 5 rings (SSSR count). The Hall–Kier alpha value is -3.52. The summed E-state index contributed by atoms with van der Waals surface area (Å²) in [4.78, 5) is 16.0. The average molecular weight is 524 g/mol. The van der Waals surface area contributed by atoms with E-state index in [-0.39, 0.29) is 5.92 Å². The zero-order valence-electron chi connectivity index (χ0n) is 23.7. The van der Waals surface area contributed by atoms with Crippen LogP contribution in [-0.4, -0.2) is 29.3 Å². The molecule has 2 aliphatic rings. The Morgan fingerprint density at radius 3 is 2.46 bits per heavy atom. The van der Waals surface area contributed by atoms with Gasteiger partial charge in [-0.2, -0.15) is 5.10 Å². The van der Waals surface area contributed by atoms with Crippen molar-refractivity contribution in [3.63, 3.8) is 0 Å². The minimum Gasteiger partial charge on any atom is -0.496 e. The smallest absolute Gasteiger partial charge is 0.230 e. The van der Waals surface area contributed by atoms with E-state index >= 15 is 0 Å². The van der Waals surface area contributed by atoms with Crippen LogP contribution in [0.3, 0.4) is 0 Å². The van der Waals surface area contributed by atoms with Crippen molar-refractivity contribution in [2.75, 3.05) is 18.6 Å². The Morgan fingerprint density at radius 2 is 1.77 bits per heavy atom. The molecule has 0 radical (unpaired) electrons. The van der Waals surface area contributed by atoms with Crippen LogP contribution in [0.1, 0.15) is 86.0 Å². The molecule has 5 nitrogen and oxygen atoms in total. The van der Waals surface area contributed by atoms with Gasteiger partial charge < -0.3 is 9.64 Å². The second-order valence-corrected chi connectivity index (χ2v) is 11.4. The summed E-state index contributed by atoms with van der Waals surface area (Å²) in [6.07, 6.45) is 13.9. The first-order valence-corrected chi connectivity index (χ1v) is 14.6. The normalized spacial score (nSPS) is 19.7. The number of carbonyl (C=O) groups is 1. The molecule has 0 spiro atoms. The number of nitrogens with zero attached hydrogens (tertiary/aromatic N) is 3. The highest BCUT2D eigenvalue weighted by molar-refractivity contribution is 5.95. The summed E-state index contributed by atoms with van der Waals surface area (Å²) in [7, 11) is 3.63. The molecule has 2 saturated carbocycles. The fourth-order valence-corrected chi connectivity index (χ4v) is 6.37. The first-order valence-electron chi connectivity index (χ1n) is 14.6. The summed E-state index contributed by atoms with van der Waals surface area (Å²) in [6, 6.07) is 14.9. The first kappa shape index (κ1) is 27.1. The lowest BCUT2D eigenvalue weighted by Gasteiger charge is -2.35. The highest BCUT2D eigenvalue weighted by Crippen LogP contribution is 2.38. The third-order valence-electron chi connectivity index (χ3n) is 8.61. The van der Waals surface area contributed by atoms with Gasteiger partial charge in [0.2, 0.25) is 5.91 Å². The van der Waals surface area contributed by atoms with Gasteiger partial charge in [-0.15, -0.1) is 0 Å². The Kier molecular flexibility index (Phi) is 8.71. The van der Waals surface area contributed by atoms with Crippen molar-refractivity contribution in [2.45, 2.75) is 70.6 Å². The molecule has 5 heteroatoms. The molecule has 0 atom stereocenters. The maximum Gasteiger partial charge on any atom is 0.230 e. The Labute approximate surface area is 233 Å².